The van der Waals surface area contributed by atoms with Crippen molar-refractivity contribution in [1.29, 1.82) is 0 Å². The van der Waals surface area contributed by atoms with Crippen molar-refractivity contribution in [2.24, 2.45) is 0 Å². The number of allylic oxidation sites excluding steroid dienone is 2. The normalized spacial score (nSPS) is 15.2. The predicted molar refractivity (Wildman–Crippen MR) is 68.2 cm³/mol. The lowest BCUT2D eigenvalue weighted by Gasteiger charge is -1.89. The molecule has 0 unspecified atom stereocenters. The monoisotopic (exact) mass is 294 g/mol. The van der Waals surface area contributed by atoms with Gasteiger partial charge >= 0.3 is 0 Å². The van der Waals surface area contributed by atoms with E-state index in [0.717, 1.165) is 12.0 Å². The summed E-state index contributed by atoms with van der Waals surface area (Å²) in [6.07, 6.45) is 3.66. The Labute approximate surface area is 98.6 Å². The standard InChI is InChI=1S/C13H11I/c14-13-8-4-7-12(13)10-9-11-5-2-1-3-6-11/h1-3,5-6H,4,7-8H2. The molecule has 2 rings (SSSR count). The molecule has 0 fully saturated rings. The molecule has 1 aliphatic carbocycles. The van der Waals surface area contributed by atoms with E-state index in [-0.39, 0.29) is 0 Å². The summed E-state index contributed by atoms with van der Waals surface area (Å²) in [6.45, 7) is 0. The molecule has 0 saturated carbocycles. The molecule has 0 N–H and O–H groups in total. The van der Waals surface area contributed by atoms with E-state index in [1.54, 1.807) is 0 Å². The number of halogens is 1. The van der Waals surface area contributed by atoms with E-state index < -0.39 is 0 Å². The SMILES string of the molecule is IC1=C(C#Cc2ccccc2)CCC1. The predicted octanol–water partition coefficient (Wildman–Crippen LogP) is 3.91. The Morgan fingerprint density at radius 3 is 2.43 bits per heavy atom. The summed E-state index contributed by atoms with van der Waals surface area (Å²) in [5, 5.41) is 0. The summed E-state index contributed by atoms with van der Waals surface area (Å²) in [6, 6.07) is 10.2. The van der Waals surface area contributed by atoms with Crippen LogP contribution in [-0.4, -0.2) is 0 Å². The molecule has 0 nitrogen and oxygen atoms in total. The van der Waals surface area contributed by atoms with Crippen LogP contribution in [0.2, 0.25) is 0 Å². The van der Waals surface area contributed by atoms with Crippen LogP contribution in [0.15, 0.2) is 39.5 Å². The molecule has 14 heavy (non-hydrogen) atoms. The lowest BCUT2D eigenvalue weighted by atomic mass is 10.2. The second kappa shape index (κ2) is 4.65. The van der Waals surface area contributed by atoms with Gasteiger partial charge in [-0.1, -0.05) is 30.0 Å². The van der Waals surface area contributed by atoms with Crippen LogP contribution in [-0.2, 0) is 0 Å². The first-order valence-electron chi connectivity index (χ1n) is 4.81. The fourth-order valence-electron chi connectivity index (χ4n) is 1.51. The lowest BCUT2D eigenvalue weighted by Crippen LogP contribution is -1.74. The Morgan fingerprint density at radius 1 is 1.00 bits per heavy atom. The first kappa shape index (κ1) is 9.79. The molecule has 0 atom stereocenters. The van der Waals surface area contributed by atoms with Gasteiger partial charge in [-0.15, -0.1) is 0 Å². The van der Waals surface area contributed by atoms with Gasteiger partial charge in [0.25, 0.3) is 0 Å². The van der Waals surface area contributed by atoms with Gasteiger partial charge in [-0.05, 0) is 54.0 Å². The molecule has 0 amide bonds. The van der Waals surface area contributed by atoms with Crippen molar-refractivity contribution in [2.45, 2.75) is 19.3 Å². The third kappa shape index (κ3) is 2.39. The van der Waals surface area contributed by atoms with E-state index in [1.165, 1.54) is 22.0 Å². The minimum Gasteiger partial charge on any atom is -0.0653 e. The zero-order valence-corrected chi connectivity index (χ0v) is 10.0. The van der Waals surface area contributed by atoms with Crippen LogP contribution < -0.4 is 0 Å². The van der Waals surface area contributed by atoms with Crippen LogP contribution >= 0.6 is 22.6 Å². The van der Waals surface area contributed by atoms with Gasteiger partial charge in [-0.3, -0.25) is 0 Å². The van der Waals surface area contributed by atoms with Gasteiger partial charge in [0.05, 0.1) is 0 Å². The lowest BCUT2D eigenvalue weighted by molar-refractivity contribution is 0.917. The molecular weight excluding hydrogens is 283 g/mol. The molecule has 0 bridgehead atoms. The average molecular weight is 294 g/mol. The summed E-state index contributed by atoms with van der Waals surface area (Å²) >= 11 is 2.41. The van der Waals surface area contributed by atoms with Gasteiger partial charge in [-0.25, -0.2) is 0 Å². The molecule has 0 spiro atoms. The smallest absolute Gasteiger partial charge is 0.0248 e. The molecule has 0 heterocycles. The summed E-state index contributed by atoms with van der Waals surface area (Å²) in [5.41, 5.74) is 2.45. The number of rotatable bonds is 0. The average Bonchev–Trinajstić information content (AvgIpc) is 2.63. The highest BCUT2D eigenvalue weighted by Crippen LogP contribution is 2.29. The van der Waals surface area contributed by atoms with Gasteiger partial charge in [0.2, 0.25) is 0 Å². The van der Waals surface area contributed by atoms with Gasteiger partial charge in [-0.2, -0.15) is 0 Å². The zero-order chi connectivity index (χ0) is 9.80. The Morgan fingerprint density at radius 2 is 1.79 bits per heavy atom. The quantitative estimate of drug-likeness (QED) is 0.502. The van der Waals surface area contributed by atoms with E-state index >= 15 is 0 Å². The second-order valence-corrected chi connectivity index (χ2v) is 4.66. The van der Waals surface area contributed by atoms with Crippen LogP contribution in [0.3, 0.4) is 0 Å². The fourth-order valence-corrected chi connectivity index (χ4v) is 2.29. The van der Waals surface area contributed by atoms with Crippen LogP contribution in [0, 0.1) is 11.8 Å². The fraction of sp³-hybridized carbons (Fsp3) is 0.231. The van der Waals surface area contributed by atoms with Crippen molar-refractivity contribution in [1.82, 2.24) is 0 Å². The van der Waals surface area contributed by atoms with Crippen LogP contribution in [0.25, 0.3) is 0 Å². The maximum Gasteiger partial charge on any atom is 0.0248 e. The molecule has 1 aromatic carbocycles. The van der Waals surface area contributed by atoms with Crippen LogP contribution in [0.1, 0.15) is 24.8 Å². The zero-order valence-electron chi connectivity index (χ0n) is 7.89. The molecule has 1 aliphatic rings. The van der Waals surface area contributed by atoms with Crippen LogP contribution in [0.5, 0.6) is 0 Å². The summed E-state index contributed by atoms with van der Waals surface area (Å²) < 4.78 is 1.45. The summed E-state index contributed by atoms with van der Waals surface area (Å²) in [7, 11) is 0. The molecule has 0 aromatic heterocycles. The molecule has 1 heteroatoms. The topological polar surface area (TPSA) is 0 Å². The highest BCUT2D eigenvalue weighted by atomic mass is 127. The highest BCUT2D eigenvalue weighted by molar-refractivity contribution is 14.1. The largest absolute Gasteiger partial charge is 0.0653 e. The minimum absolute atomic E-state index is 1.11. The molecule has 1 aromatic rings. The molecule has 70 valence electrons. The first-order valence-corrected chi connectivity index (χ1v) is 5.89. The third-order valence-corrected chi connectivity index (χ3v) is 3.47. The highest BCUT2D eigenvalue weighted by Gasteiger charge is 2.08. The Kier molecular flexibility index (Phi) is 3.26. The molecular formula is C13H11I. The number of benzene rings is 1. The van der Waals surface area contributed by atoms with Gasteiger partial charge in [0.15, 0.2) is 0 Å². The Balaban J connectivity index is 2.19. The van der Waals surface area contributed by atoms with E-state index in [4.69, 9.17) is 0 Å². The number of hydrogen-bond donors (Lipinski definition) is 0. The summed E-state index contributed by atoms with van der Waals surface area (Å²) in [5.74, 6) is 6.47. The second-order valence-electron chi connectivity index (χ2n) is 3.35. The van der Waals surface area contributed by atoms with Gasteiger partial charge in [0.1, 0.15) is 0 Å². The molecule has 0 radical (unpaired) electrons. The number of hydrogen-bond acceptors (Lipinski definition) is 0. The van der Waals surface area contributed by atoms with Crippen molar-refractivity contribution in [3.63, 3.8) is 0 Å². The Hall–Kier alpha value is -0.750. The van der Waals surface area contributed by atoms with Crippen LogP contribution in [0.4, 0.5) is 0 Å². The Bertz CT molecular complexity index is 404. The van der Waals surface area contributed by atoms with Crippen molar-refractivity contribution in [3.8, 4) is 11.8 Å². The van der Waals surface area contributed by atoms with Crippen molar-refractivity contribution in [3.05, 3.63) is 45.0 Å². The van der Waals surface area contributed by atoms with E-state index in [2.05, 4.69) is 46.6 Å². The van der Waals surface area contributed by atoms with Gasteiger partial charge in [0, 0.05) is 14.7 Å². The molecule has 0 aliphatic heterocycles. The summed E-state index contributed by atoms with van der Waals surface area (Å²) in [4.78, 5) is 0. The molecule has 0 saturated heterocycles. The van der Waals surface area contributed by atoms with Crippen molar-refractivity contribution in [2.75, 3.05) is 0 Å². The van der Waals surface area contributed by atoms with Crippen molar-refractivity contribution >= 4 is 22.6 Å². The van der Waals surface area contributed by atoms with E-state index in [1.807, 2.05) is 18.2 Å². The maximum atomic E-state index is 3.27. The maximum absolute atomic E-state index is 3.27. The van der Waals surface area contributed by atoms with Gasteiger partial charge < -0.3 is 0 Å². The third-order valence-electron chi connectivity index (χ3n) is 2.28. The van der Waals surface area contributed by atoms with E-state index in [9.17, 15) is 0 Å². The first-order chi connectivity index (χ1) is 6.86. The van der Waals surface area contributed by atoms with Crippen molar-refractivity contribution < 1.29 is 0 Å². The van der Waals surface area contributed by atoms with E-state index in [0.29, 0.717) is 0 Å². The minimum atomic E-state index is 1.11.